The van der Waals surface area contributed by atoms with Crippen molar-refractivity contribution in [2.45, 2.75) is 6.18 Å². The van der Waals surface area contributed by atoms with Gasteiger partial charge in [0, 0.05) is 23.7 Å². The van der Waals surface area contributed by atoms with Crippen LogP contribution in [0.15, 0.2) is 42.6 Å². The Morgan fingerprint density at radius 1 is 1.22 bits per heavy atom. The topological polar surface area (TPSA) is 98.5 Å². The van der Waals surface area contributed by atoms with Crippen LogP contribution in [0.25, 0.3) is 10.9 Å². The number of nitrogens with one attached hydrogen (secondary N) is 2. The van der Waals surface area contributed by atoms with Crippen molar-refractivity contribution in [3.63, 3.8) is 0 Å². The molecule has 0 aliphatic rings. The maximum atomic E-state index is 12.3. The van der Waals surface area contributed by atoms with E-state index in [0.29, 0.717) is 28.1 Å². The predicted octanol–water partition coefficient (Wildman–Crippen LogP) is 4.64. The minimum atomic E-state index is -4.40. The Morgan fingerprint density at radius 3 is 2.59 bits per heavy atom. The lowest BCUT2D eigenvalue weighted by atomic mass is 10.1. The van der Waals surface area contributed by atoms with Crippen molar-refractivity contribution in [3.05, 3.63) is 53.2 Å². The first-order valence-corrected chi connectivity index (χ1v) is 9.71. The quantitative estimate of drug-likeness (QED) is 0.438. The fraction of sp³-hybridized carbons (Fsp3) is 0.150. The maximum absolute atomic E-state index is 12.3. The molecule has 7 nitrogen and oxygen atoms in total. The van der Waals surface area contributed by atoms with Crippen molar-refractivity contribution in [1.29, 1.82) is 0 Å². The third-order valence-corrected chi connectivity index (χ3v) is 4.71. The highest BCUT2D eigenvalue weighted by Gasteiger charge is 2.27. The summed E-state index contributed by atoms with van der Waals surface area (Å²) < 4.78 is 47.9. The summed E-state index contributed by atoms with van der Waals surface area (Å²) in [5.74, 6) is 0.313. The third-order valence-electron chi connectivity index (χ3n) is 4.15. The molecule has 4 N–H and O–H groups in total. The third kappa shape index (κ3) is 5.68. The molecule has 0 radical (unpaired) electrons. The molecule has 168 valence electrons. The van der Waals surface area contributed by atoms with Crippen molar-refractivity contribution in [1.82, 2.24) is 10.3 Å². The molecule has 12 heteroatoms. The summed E-state index contributed by atoms with van der Waals surface area (Å²) in [6.45, 7) is -1.27. The minimum absolute atomic E-state index is 0.162. The molecule has 0 saturated carbocycles. The van der Waals surface area contributed by atoms with E-state index in [-0.39, 0.29) is 21.4 Å². The standard InChI is InChI=1S/C20H16ClF3N4O3S/c1-30-17-8-15-11(7-12(17)18(25)29)16(4-5-26-15)31-10-2-3-14(13(21)6-10)28-19(32)27-9-20(22,23)24/h2-8H,9H2,1H3,(H2,25,29)(H2,27,28,32). The summed E-state index contributed by atoms with van der Waals surface area (Å²) in [4.78, 5) is 16.0. The van der Waals surface area contributed by atoms with Gasteiger partial charge in [-0.3, -0.25) is 9.78 Å². The SMILES string of the molecule is COc1cc2nccc(Oc3ccc(NC(=S)NCC(F)(F)F)c(Cl)c3)c2cc1C(N)=O. The first-order chi connectivity index (χ1) is 15.1. The number of nitrogens with zero attached hydrogens (tertiary/aromatic N) is 1. The normalized spacial score (nSPS) is 11.2. The van der Waals surface area contributed by atoms with E-state index < -0.39 is 18.6 Å². The Hall–Kier alpha value is -3.31. The first kappa shape index (κ1) is 23.4. The molecule has 2 aromatic carbocycles. The zero-order chi connectivity index (χ0) is 23.5. The number of rotatable bonds is 6. The summed E-state index contributed by atoms with van der Waals surface area (Å²) in [6, 6.07) is 9.18. The zero-order valence-electron chi connectivity index (χ0n) is 16.4. The van der Waals surface area contributed by atoms with E-state index in [1.165, 1.54) is 31.5 Å². The molecule has 0 aliphatic carbocycles. The lowest BCUT2D eigenvalue weighted by Gasteiger charge is -2.15. The van der Waals surface area contributed by atoms with Gasteiger partial charge in [-0.2, -0.15) is 13.2 Å². The molecule has 32 heavy (non-hydrogen) atoms. The van der Waals surface area contributed by atoms with Crippen LogP contribution in [-0.4, -0.2) is 35.8 Å². The lowest BCUT2D eigenvalue weighted by molar-refractivity contribution is -0.121. The van der Waals surface area contributed by atoms with E-state index in [1.807, 2.05) is 5.32 Å². The van der Waals surface area contributed by atoms with Crippen LogP contribution in [0.3, 0.4) is 0 Å². The molecule has 1 heterocycles. The summed E-state index contributed by atoms with van der Waals surface area (Å²) in [5, 5.41) is 5.09. The van der Waals surface area contributed by atoms with Gasteiger partial charge in [0.05, 0.1) is 28.9 Å². The van der Waals surface area contributed by atoms with Crippen LogP contribution in [0, 0.1) is 0 Å². The number of alkyl halides is 3. The van der Waals surface area contributed by atoms with Crippen LogP contribution in [0.4, 0.5) is 18.9 Å². The highest BCUT2D eigenvalue weighted by Crippen LogP contribution is 2.35. The number of thiocarbonyl (C=S) groups is 1. The Kier molecular flexibility index (Phi) is 6.90. The molecule has 0 spiro atoms. The van der Waals surface area contributed by atoms with Crippen molar-refractivity contribution >= 4 is 51.4 Å². The van der Waals surface area contributed by atoms with Gasteiger partial charge in [0.25, 0.3) is 5.91 Å². The van der Waals surface area contributed by atoms with E-state index in [0.717, 1.165) is 0 Å². The number of anilines is 1. The van der Waals surface area contributed by atoms with Crippen molar-refractivity contribution in [2.24, 2.45) is 5.73 Å². The Morgan fingerprint density at radius 2 is 1.97 bits per heavy atom. The molecular formula is C20H16ClF3N4O3S. The Labute approximate surface area is 190 Å². The van der Waals surface area contributed by atoms with Gasteiger partial charge in [0.1, 0.15) is 23.8 Å². The van der Waals surface area contributed by atoms with Gasteiger partial charge in [-0.1, -0.05) is 11.6 Å². The molecule has 0 bridgehead atoms. The second kappa shape index (κ2) is 9.45. The Bertz CT molecular complexity index is 1190. The van der Waals surface area contributed by atoms with Crippen molar-refractivity contribution < 1.29 is 27.4 Å². The number of pyridine rings is 1. The summed E-state index contributed by atoms with van der Waals surface area (Å²) in [7, 11) is 1.41. The first-order valence-electron chi connectivity index (χ1n) is 8.93. The number of carbonyl (C=O) groups excluding carboxylic acids is 1. The largest absolute Gasteiger partial charge is 0.496 e. The molecule has 0 unspecified atom stereocenters. The van der Waals surface area contributed by atoms with Gasteiger partial charge in [-0.25, -0.2) is 0 Å². The molecule has 3 rings (SSSR count). The fourth-order valence-corrected chi connectivity index (χ4v) is 3.13. The number of hydrogen-bond acceptors (Lipinski definition) is 5. The lowest BCUT2D eigenvalue weighted by Crippen LogP contribution is -2.36. The van der Waals surface area contributed by atoms with Gasteiger partial charge < -0.3 is 25.8 Å². The summed E-state index contributed by atoms with van der Waals surface area (Å²) >= 11 is 11.1. The molecule has 1 amide bonds. The van der Waals surface area contributed by atoms with Gasteiger partial charge in [-0.15, -0.1) is 0 Å². The number of fused-ring (bicyclic) bond motifs is 1. The molecule has 0 aliphatic heterocycles. The fourth-order valence-electron chi connectivity index (χ4n) is 2.73. The van der Waals surface area contributed by atoms with E-state index in [2.05, 4.69) is 10.3 Å². The molecule has 0 fully saturated rings. The number of amides is 1. The van der Waals surface area contributed by atoms with Gasteiger partial charge in [0.2, 0.25) is 0 Å². The predicted molar refractivity (Wildman–Crippen MR) is 119 cm³/mol. The monoisotopic (exact) mass is 484 g/mol. The zero-order valence-corrected chi connectivity index (χ0v) is 18.0. The molecule has 0 atom stereocenters. The maximum Gasteiger partial charge on any atom is 0.405 e. The molecule has 0 saturated heterocycles. The number of hydrogen-bond donors (Lipinski definition) is 3. The summed E-state index contributed by atoms with van der Waals surface area (Å²) in [6.07, 6.45) is -2.89. The van der Waals surface area contributed by atoms with E-state index in [9.17, 15) is 18.0 Å². The number of ether oxygens (including phenoxy) is 2. The minimum Gasteiger partial charge on any atom is -0.496 e. The Balaban J connectivity index is 1.83. The number of carbonyl (C=O) groups is 1. The van der Waals surface area contributed by atoms with E-state index in [4.69, 9.17) is 39.0 Å². The van der Waals surface area contributed by atoms with Crippen LogP contribution in [0.5, 0.6) is 17.2 Å². The number of aromatic nitrogens is 1. The highest BCUT2D eigenvalue weighted by molar-refractivity contribution is 7.80. The molecule has 3 aromatic rings. The van der Waals surface area contributed by atoms with Gasteiger partial charge >= 0.3 is 6.18 Å². The average molecular weight is 485 g/mol. The number of methoxy groups -OCH3 is 1. The van der Waals surface area contributed by atoms with E-state index >= 15 is 0 Å². The van der Waals surface area contributed by atoms with Crippen LogP contribution in [0.1, 0.15) is 10.4 Å². The number of nitrogens with two attached hydrogens (primary N) is 1. The van der Waals surface area contributed by atoms with Crippen molar-refractivity contribution in [3.8, 4) is 17.2 Å². The van der Waals surface area contributed by atoms with Crippen LogP contribution < -0.4 is 25.8 Å². The second-order valence-electron chi connectivity index (χ2n) is 6.41. The van der Waals surface area contributed by atoms with Crippen LogP contribution in [0.2, 0.25) is 5.02 Å². The van der Waals surface area contributed by atoms with Crippen LogP contribution >= 0.6 is 23.8 Å². The van der Waals surface area contributed by atoms with Crippen LogP contribution in [-0.2, 0) is 0 Å². The number of benzene rings is 2. The molecular weight excluding hydrogens is 469 g/mol. The van der Waals surface area contributed by atoms with Gasteiger partial charge in [0.15, 0.2) is 5.11 Å². The number of primary amides is 1. The van der Waals surface area contributed by atoms with E-state index in [1.54, 1.807) is 18.2 Å². The summed E-state index contributed by atoms with van der Waals surface area (Å²) in [5.41, 5.74) is 6.38. The second-order valence-corrected chi connectivity index (χ2v) is 7.22. The highest BCUT2D eigenvalue weighted by atomic mass is 35.5. The van der Waals surface area contributed by atoms with Gasteiger partial charge in [-0.05, 0) is 36.5 Å². The van der Waals surface area contributed by atoms with Crippen molar-refractivity contribution in [2.75, 3.05) is 19.0 Å². The molecule has 1 aromatic heterocycles. The number of halogens is 4. The average Bonchev–Trinajstić information content (AvgIpc) is 2.73. The smallest absolute Gasteiger partial charge is 0.405 e.